The molecule has 0 fully saturated rings. The second-order valence-electron chi connectivity index (χ2n) is 11.3. The highest BCUT2D eigenvalue weighted by atomic mass is 16.6. The Bertz CT molecular complexity index is 1540. The van der Waals surface area contributed by atoms with E-state index in [0.29, 0.717) is 28.0 Å². The molecule has 2 aromatic rings. The number of carbonyl (C=O) groups is 2. The molecule has 0 aromatic heterocycles. The molecule has 0 saturated heterocycles. The van der Waals surface area contributed by atoms with Crippen LogP contribution in [0.5, 0.6) is 17.2 Å². The molecule has 0 saturated carbocycles. The van der Waals surface area contributed by atoms with Gasteiger partial charge in [-0.25, -0.2) is 4.79 Å². The maximum atomic E-state index is 13.2. The lowest BCUT2D eigenvalue weighted by Gasteiger charge is -2.28. The fraction of sp³-hybridized carbons (Fsp3) is 0.371. The van der Waals surface area contributed by atoms with Crippen molar-refractivity contribution in [3.05, 3.63) is 76.9 Å². The van der Waals surface area contributed by atoms with Crippen LogP contribution in [-0.2, 0) is 19.0 Å². The Morgan fingerprint density at radius 2 is 1.76 bits per heavy atom. The number of methoxy groups -OCH3 is 3. The van der Waals surface area contributed by atoms with Crippen LogP contribution in [0.1, 0.15) is 39.7 Å². The summed E-state index contributed by atoms with van der Waals surface area (Å²) in [4.78, 5) is 25.0. The summed E-state index contributed by atoms with van der Waals surface area (Å²) < 4.78 is 22.2. The van der Waals surface area contributed by atoms with Gasteiger partial charge in [-0.1, -0.05) is 61.1 Å². The molecule has 1 heterocycles. The minimum Gasteiger partial charge on any atom is -0.507 e. The number of primary amides is 1. The number of fused-ring (bicyclic) bond motifs is 2. The van der Waals surface area contributed by atoms with E-state index in [0.717, 1.165) is 0 Å². The van der Waals surface area contributed by atoms with Gasteiger partial charge in [-0.15, -0.1) is 0 Å². The summed E-state index contributed by atoms with van der Waals surface area (Å²) in [6.45, 7) is 6.92. The molecule has 11 nitrogen and oxygen atoms in total. The van der Waals surface area contributed by atoms with Crippen molar-refractivity contribution in [1.29, 1.82) is 0 Å². The number of anilines is 1. The van der Waals surface area contributed by atoms with Crippen molar-refractivity contribution in [2.45, 2.75) is 58.5 Å². The molecule has 2 bridgehead atoms. The molecule has 46 heavy (non-hydrogen) atoms. The molecule has 0 unspecified atom stereocenters. The maximum Gasteiger partial charge on any atom is 0.405 e. The Balaban J connectivity index is 2.26. The number of allylic oxidation sites excluding steroid dienone is 2. The third-order valence-electron chi connectivity index (χ3n) is 7.87. The molecule has 248 valence electrons. The summed E-state index contributed by atoms with van der Waals surface area (Å²) in [5, 5.41) is 36.9. The number of rotatable bonds is 5. The summed E-state index contributed by atoms with van der Waals surface area (Å²) in [5.74, 6) is -1.02. The van der Waals surface area contributed by atoms with Gasteiger partial charge in [0.2, 0.25) is 0 Å². The molecule has 1 aliphatic heterocycles. The highest BCUT2D eigenvalue weighted by Gasteiger charge is 2.29. The van der Waals surface area contributed by atoms with E-state index in [1.54, 1.807) is 76.3 Å². The normalized spacial score (nSPS) is 23.1. The van der Waals surface area contributed by atoms with Gasteiger partial charge in [-0.05, 0) is 38.8 Å². The van der Waals surface area contributed by atoms with Crippen LogP contribution in [0, 0.1) is 5.92 Å². The molecule has 2 aromatic carbocycles. The zero-order chi connectivity index (χ0) is 34.1. The quantitative estimate of drug-likeness (QED) is 0.163. The van der Waals surface area contributed by atoms with Crippen LogP contribution in [0.25, 0.3) is 17.2 Å². The van der Waals surface area contributed by atoms with Gasteiger partial charge in [0.1, 0.15) is 23.4 Å². The van der Waals surface area contributed by atoms with Crippen LogP contribution in [-0.4, -0.2) is 73.1 Å². The van der Waals surface area contributed by atoms with Gasteiger partial charge in [-0.2, -0.15) is 0 Å². The van der Waals surface area contributed by atoms with Gasteiger partial charge in [0.15, 0.2) is 6.10 Å². The number of nitrogens with one attached hydrogen (secondary N) is 1. The largest absolute Gasteiger partial charge is 0.507 e. The van der Waals surface area contributed by atoms with E-state index >= 15 is 0 Å². The number of hydrogen-bond donors (Lipinski definition) is 5. The van der Waals surface area contributed by atoms with Crippen LogP contribution in [0.4, 0.5) is 10.5 Å². The minimum atomic E-state index is -1.00. The molecule has 1 aliphatic rings. The number of hydrogen-bond acceptors (Lipinski definition) is 9. The maximum absolute atomic E-state index is 13.2. The number of benzene rings is 2. The Morgan fingerprint density at radius 1 is 1.07 bits per heavy atom. The third kappa shape index (κ3) is 8.57. The molecule has 3 rings (SSSR count). The molecule has 0 radical (unpaired) electrons. The second kappa shape index (κ2) is 16.1. The van der Waals surface area contributed by atoms with Crippen LogP contribution < -0.4 is 15.8 Å². The number of amides is 2. The van der Waals surface area contributed by atoms with Gasteiger partial charge in [-0.3, -0.25) is 4.79 Å². The fourth-order valence-electron chi connectivity index (χ4n) is 5.41. The summed E-state index contributed by atoms with van der Waals surface area (Å²) >= 11 is 0. The fourth-order valence-corrected chi connectivity index (χ4v) is 5.41. The van der Waals surface area contributed by atoms with Crippen LogP contribution in [0.3, 0.4) is 0 Å². The van der Waals surface area contributed by atoms with Crippen LogP contribution in [0.2, 0.25) is 0 Å². The van der Waals surface area contributed by atoms with E-state index in [-0.39, 0.29) is 34.7 Å². The highest BCUT2D eigenvalue weighted by Crippen LogP contribution is 2.46. The summed E-state index contributed by atoms with van der Waals surface area (Å²) in [7, 11) is 4.43. The van der Waals surface area contributed by atoms with Crippen molar-refractivity contribution in [2.75, 3.05) is 26.6 Å². The topological polar surface area (TPSA) is 170 Å². The number of aromatic hydroxyl groups is 2. The van der Waals surface area contributed by atoms with Crippen molar-refractivity contribution < 1.29 is 43.9 Å². The first-order chi connectivity index (χ1) is 21.8. The lowest BCUT2D eigenvalue weighted by Crippen LogP contribution is -2.36. The number of nitrogens with two attached hydrogens (primary N) is 1. The molecule has 11 heteroatoms. The van der Waals surface area contributed by atoms with E-state index in [1.807, 2.05) is 0 Å². The molecule has 0 aliphatic carbocycles. The Labute approximate surface area is 269 Å². The molecule has 2 amide bonds. The second-order valence-corrected chi connectivity index (χ2v) is 11.3. The Morgan fingerprint density at radius 3 is 2.39 bits per heavy atom. The molecular formula is C35H44N2O9. The number of aliphatic hydroxyl groups excluding tert-OH is 1. The molecule has 0 spiro atoms. The number of para-hydroxylation sites is 1. The predicted molar refractivity (Wildman–Crippen MR) is 177 cm³/mol. The monoisotopic (exact) mass is 636 g/mol. The van der Waals surface area contributed by atoms with E-state index in [4.69, 9.17) is 24.7 Å². The smallest absolute Gasteiger partial charge is 0.405 e. The third-order valence-corrected chi connectivity index (χ3v) is 7.87. The van der Waals surface area contributed by atoms with Crippen molar-refractivity contribution in [3.8, 4) is 28.4 Å². The highest BCUT2D eigenvalue weighted by molar-refractivity contribution is 6.05. The van der Waals surface area contributed by atoms with E-state index in [2.05, 4.69) is 5.32 Å². The molecular weight excluding hydrogens is 592 g/mol. The first-order valence-electron chi connectivity index (χ1n) is 14.8. The van der Waals surface area contributed by atoms with Gasteiger partial charge >= 0.3 is 6.09 Å². The summed E-state index contributed by atoms with van der Waals surface area (Å²) in [5.41, 5.74) is 7.95. The number of aliphatic hydroxyl groups is 1. The number of ether oxygens (including phenoxy) is 4. The number of carbonyl (C=O) groups excluding carboxylic acids is 2. The number of phenolic OH excluding ortho intramolecular Hbond substituents is 2. The van der Waals surface area contributed by atoms with Crippen molar-refractivity contribution in [3.63, 3.8) is 0 Å². The first kappa shape index (κ1) is 35.9. The van der Waals surface area contributed by atoms with E-state index in [9.17, 15) is 24.9 Å². The summed E-state index contributed by atoms with van der Waals surface area (Å²) in [6, 6.07) is 8.32. The zero-order valence-electron chi connectivity index (χ0n) is 27.2. The van der Waals surface area contributed by atoms with Crippen LogP contribution >= 0.6 is 0 Å². The summed E-state index contributed by atoms with van der Waals surface area (Å²) in [6.07, 6.45) is 3.99. The average Bonchev–Trinajstić information content (AvgIpc) is 3.02. The lowest BCUT2D eigenvalue weighted by atomic mass is 9.90. The Kier molecular flexibility index (Phi) is 12.6. The standard InChI is InChI=1S/C35H44N2O9/c1-19-15-24-30(23-12-8-9-13-27(23)43-5)26(38)18-25(32(24)40)37-34(41)20(2)11-10-14-28(44-6)33(46-35(36)42)22(4)17-21(3)31(39)29(16-19)45-7/h8-15,17-18,21,28-29,31,33,38-40H,16H2,1-7H3,(H2,36,42)(H,37,41)/t21-,28-,29-,31+,33-/m0/s1. The van der Waals surface area contributed by atoms with E-state index < -0.39 is 42.3 Å². The van der Waals surface area contributed by atoms with E-state index in [1.165, 1.54) is 33.5 Å². The van der Waals surface area contributed by atoms with Gasteiger partial charge in [0.05, 0.1) is 25.0 Å². The zero-order valence-corrected chi connectivity index (χ0v) is 27.2. The SMILES string of the molecule is COc1ccccc1-c1c(O)cc2c(O)c1C=C(C)C[C@H](OC)[C@H](O)[C@@H](C)C=C(C)[C@H](OC(N)=O)[C@@H](OC)C=CC=C(C)C(=O)N2. The molecule has 6 N–H and O–H groups in total. The van der Waals surface area contributed by atoms with Crippen molar-refractivity contribution >= 4 is 23.8 Å². The predicted octanol–water partition coefficient (Wildman–Crippen LogP) is 5.46. The lowest BCUT2D eigenvalue weighted by molar-refractivity contribution is -0.112. The number of phenols is 2. The Hall–Kier alpha value is -4.58. The molecule has 5 atom stereocenters. The van der Waals surface area contributed by atoms with Gasteiger partial charge in [0.25, 0.3) is 5.91 Å². The minimum absolute atomic E-state index is 0.0173. The van der Waals surface area contributed by atoms with Gasteiger partial charge < -0.3 is 45.3 Å². The van der Waals surface area contributed by atoms with Crippen molar-refractivity contribution in [1.82, 2.24) is 0 Å². The van der Waals surface area contributed by atoms with Crippen molar-refractivity contribution in [2.24, 2.45) is 11.7 Å². The van der Waals surface area contributed by atoms with Gasteiger partial charge in [0, 0.05) is 48.5 Å². The average molecular weight is 637 g/mol. The van der Waals surface area contributed by atoms with Crippen LogP contribution in [0.15, 0.2) is 71.4 Å². The first-order valence-corrected chi connectivity index (χ1v) is 14.8.